The molecule has 1 aromatic heterocycles. The first-order valence-corrected chi connectivity index (χ1v) is 11.7. The Kier molecular flexibility index (Phi) is 6.02. The molecule has 8 heteroatoms. The molecule has 0 unspecified atom stereocenters. The van der Waals surface area contributed by atoms with Crippen LogP contribution in [0.15, 0.2) is 88.2 Å². The Bertz CT molecular complexity index is 1430. The summed E-state index contributed by atoms with van der Waals surface area (Å²) in [6.07, 6.45) is 0. The molecule has 33 heavy (non-hydrogen) atoms. The highest BCUT2D eigenvalue weighted by atomic mass is 32.2. The summed E-state index contributed by atoms with van der Waals surface area (Å²) in [7, 11) is -4.27. The number of amides is 1. The molecule has 168 valence electrons. The molecule has 0 aliphatic heterocycles. The number of anilines is 1. The van der Waals surface area contributed by atoms with Gasteiger partial charge in [0.2, 0.25) is 0 Å². The van der Waals surface area contributed by atoms with Crippen LogP contribution in [0.25, 0.3) is 11.0 Å². The van der Waals surface area contributed by atoms with Crippen LogP contribution in [-0.2, 0) is 14.8 Å². The highest BCUT2D eigenvalue weighted by Gasteiger charge is 2.32. The standard InChI is InChI=1S/C25H21NO6S/c1-3-31-25(28)23-17(2)32-22-15-14-19(16-21(22)23)26(24(27)18-10-6-4-7-11-18)33(29,30)20-12-8-5-9-13-20/h4-16H,3H2,1-2H3. The fourth-order valence-electron chi connectivity index (χ4n) is 3.55. The number of ether oxygens (including phenoxy) is 1. The molecule has 0 bridgehead atoms. The van der Waals surface area contributed by atoms with Crippen molar-refractivity contribution >= 4 is 38.6 Å². The number of hydrogen-bond acceptors (Lipinski definition) is 6. The van der Waals surface area contributed by atoms with Gasteiger partial charge in [-0.15, -0.1) is 0 Å². The summed E-state index contributed by atoms with van der Waals surface area (Å²) in [5.41, 5.74) is 0.846. The van der Waals surface area contributed by atoms with E-state index in [4.69, 9.17) is 9.15 Å². The number of hydrogen-bond donors (Lipinski definition) is 0. The van der Waals surface area contributed by atoms with E-state index >= 15 is 0 Å². The second kappa shape index (κ2) is 8.91. The Balaban J connectivity index is 1.93. The Morgan fingerprint density at radius 3 is 2.21 bits per heavy atom. The first-order chi connectivity index (χ1) is 15.8. The molecule has 0 aliphatic rings. The molecule has 1 amide bonds. The van der Waals surface area contributed by atoms with E-state index in [0.717, 1.165) is 4.31 Å². The van der Waals surface area contributed by atoms with Crippen molar-refractivity contribution in [1.82, 2.24) is 0 Å². The topological polar surface area (TPSA) is 93.9 Å². The van der Waals surface area contributed by atoms with Crippen LogP contribution in [0, 0.1) is 6.92 Å². The van der Waals surface area contributed by atoms with Crippen LogP contribution in [0.5, 0.6) is 0 Å². The van der Waals surface area contributed by atoms with Crippen LogP contribution in [-0.4, -0.2) is 26.9 Å². The fourth-order valence-corrected chi connectivity index (χ4v) is 4.98. The number of furan rings is 1. The van der Waals surface area contributed by atoms with Crippen LogP contribution in [0.1, 0.15) is 33.4 Å². The van der Waals surface area contributed by atoms with Gasteiger partial charge in [-0.2, -0.15) is 4.31 Å². The Labute approximate surface area is 191 Å². The van der Waals surface area contributed by atoms with E-state index < -0.39 is 21.9 Å². The van der Waals surface area contributed by atoms with E-state index in [1.54, 1.807) is 62.4 Å². The first-order valence-electron chi connectivity index (χ1n) is 10.2. The molecule has 4 rings (SSSR count). The van der Waals surface area contributed by atoms with Gasteiger partial charge in [0, 0.05) is 10.9 Å². The maximum Gasteiger partial charge on any atom is 0.342 e. The highest BCUT2D eigenvalue weighted by molar-refractivity contribution is 7.93. The van der Waals surface area contributed by atoms with Crippen LogP contribution < -0.4 is 4.31 Å². The second-order valence-corrected chi connectivity index (χ2v) is 8.97. The van der Waals surface area contributed by atoms with Gasteiger partial charge < -0.3 is 9.15 Å². The quantitative estimate of drug-likeness (QED) is 0.376. The summed E-state index contributed by atoms with van der Waals surface area (Å²) in [4.78, 5) is 25.9. The number of sulfonamides is 1. The summed E-state index contributed by atoms with van der Waals surface area (Å²) in [6.45, 7) is 3.48. The normalized spacial score (nSPS) is 11.3. The highest BCUT2D eigenvalue weighted by Crippen LogP contribution is 2.33. The van der Waals surface area contributed by atoms with Gasteiger partial charge in [0.05, 0.1) is 17.2 Å². The van der Waals surface area contributed by atoms with E-state index in [9.17, 15) is 18.0 Å². The summed E-state index contributed by atoms with van der Waals surface area (Å²) in [5.74, 6) is -0.970. The van der Waals surface area contributed by atoms with Gasteiger partial charge >= 0.3 is 5.97 Å². The number of esters is 1. The van der Waals surface area contributed by atoms with Crippen LogP contribution >= 0.6 is 0 Å². The fraction of sp³-hybridized carbons (Fsp3) is 0.120. The predicted molar refractivity (Wildman–Crippen MR) is 124 cm³/mol. The lowest BCUT2D eigenvalue weighted by Crippen LogP contribution is -2.37. The summed E-state index contributed by atoms with van der Waals surface area (Å²) in [6, 6.07) is 20.3. The van der Waals surface area contributed by atoms with E-state index in [0.29, 0.717) is 16.7 Å². The largest absolute Gasteiger partial charge is 0.462 e. The molecular weight excluding hydrogens is 442 g/mol. The average Bonchev–Trinajstić information content (AvgIpc) is 3.15. The predicted octanol–water partition coefficient (Wildman–Crippen LogP) is 4.95. The number of carbonyl (C=O) groups is 2. The molecule has 4 aromatic rings. The minimum absolute atomic E-state index is 0.0385. The van der Waals surface area contributed by atoms with E-state index in [1.165, 1.54) is 30.3 Å². The molecule has 0 N–H and O–H groups in total. The Hall–Kier alpha value is -3.91. The number of fused-ring (bicyclic) bond motifs is 1. The van der Waals surface area contributed by atoms with Gasteiger partial charge in [0.25, 0.3) is 15.9 Å². The van der Waals surface area contributed by atoms with Crippen molar-refractivity contribution in [3.63, 3.8) is 0 Å². The SMILES string of the molecule is CCOC(=O)c1c(C)oc2ccc(N(C(=O)c3ccccc3)S(=O)(=O)c3ccccc3)cc12. The molecule has 0 saturated carbocycles. The van der Waals surface area contributed by atoms with Crippen molar-refractivity contribution in [1.29, 1.82) is 0 Å². The molecule has 1 heterocycles. The minimum Gasteiger partial charge on any atom is -0.462 e. The molecule has 0 radical (unpaired) electrons. The van der Waals surface area contributed by atoms with Crippen molar-refractivity contribution in [2.24, 2.45) is 0 Å². The maximum absolute atomic E-state index is 13.6. The van der Waals surface area contributed by atoms with Crippen LogP contribution in [0.4, 0.5) is 5.69 Å². The van der Waals surface area contributed by atoms with Crippen LogP contribution in [0.3, 0.4) is 0 Å². The summed E-state index contributed by atoms with van der Waals surface area (Å²) in [5, 5.41) is 0.359. The van der Waals surface area contributed by atoms with E-state index in [-0.39, 0.29) is 28.3 Å². The Morgan fingerprint density at radius 2 is 1.58 bits per heavy atom. The lowest BCUT2D eigenvalue weighted by atomic mass is 10.1. The van der Waals surface area contributed by atoms with E-state index in [2.05, 4.69) is 0 Å². The van der Waals surface area contributed by atoms with E-state index in [1.807, 2.05) is 0 Å². The van der Waals surface area contributed by atoms with Gasteiger partial charge in [-0.3, -0.25) is 4.79 Å². The molecule has 0 fully saturated rings. The zero-order valence-electron chi connectivity index (χ0n) is 18.0. The van der Waals surface area contributed by atoms with Gasteiger partial charge in [-0.1, -0.05) is 36.4 Å². The third-order valence-corrected chi connectivity index (χ3v) is 6.77. The maximum atomic E-state index is 13.6. The van der Waals surface area contributed by atoms with Crippen molar-refractivity contribution < 1.29 is 27.2 Å². The Morgan fingerprint density at radius 1 is 0.939 bits per heavy atom. The number of nitrogens with zero attached hydrogens (tertiary/aromatic N) is 1. The minimum atomic E-state index is -4.27. The zero-order valence-corrected chi connectivity index (χ0v) is 18.8. The molecular formula is C25H21NO6S. The molecule has 0 spiro atoms. The molecule has 3 aromatic carbocycles. The second-order valence-electron chi connectivity index (χ2n) is 7.19. The number of aryl methyl sites for hydroxylation is 1. The zero-order chi connectivity index (χ0) is 23.6. The molecule has 0 saturated heterocycles. The lowest BCUT2D eigenvalue weighted by Gasteiger charge is -2.23. The van der Waals surface area contributed by atoms with Crippen LogP contribution in [0.2, 0.25) is 0 Å². The molecule has 0 atom stereocenters. The summed E-state index contributed by atoms with van der Waals surface area (Å²) < 4.78 is 38.7. The van der Waals surface area contributed by atoms with Crippen molar-refractivity contribution in [3.05, 3.63) is 95.7 Å². The van der Waals surface area contributed by atoms with Crippen molar-refractivity contribution in [2.45, 2.75) is 18.7 Å². The molecule has 0 aliphatic carbocycles. The molecule has 7 nitrogen and oxygen atoms in total. The summed E-state index contributed by atoms with van der Waals surface area (Å²) >= 11 is 0. The first kappa shape index (κ1) is 22.3. The van der Waals surface area contributed by atoms with Crippen molar-refractivity contribution in [3.8, 4) is 0 Å². The lowest BCUT2D eigenvalue weighted by molar-refractivity contribution is 0.0526. The van der Waals surface area contributed by atoms with Gasteiger partial charge in [-0.25, -0.2) is 13.2 Å². The number of benzene rings is 3. The number of carbonyl (C=O) groups excluding carboxylic acids is 2. The number of rotatable bonds is 6. The monoisotopic (exact) mass is 463 g/mol. The van der Waals surface area contributed by atoms with Gasteiger partial charge in [0.15, 0.2) is 0 Å². The van der Waals surface area contributed by atoms with Gasteiger partial charge in [0.1, 0.15) is 16.9 Å². The smallest absolute Gasteiger partial charge is 0.342 e. The van der Waals surface area contributed by atoms with Gasteiger partial charge in [-0.05, 0) is 56.3 Å². The third-order valence-electron chi connectivity index (χ3n) is 5.05. The van der Waals surface area contributed by atoms with Crippen molar-refractivity contribution in [2.75, 3.05) is 10.9 Å². The average molecular weight is 464 g/mol. The third kappa shape index (κ3) is 4.12.